The lowest BCUT2D eigenvalue weighted by Crippen LogP contribution is -2.40. The summed E-state index contributed by atoms with van der Waals surface area (Å²) in [5.41, 5.74) is 2.32. The number of hydrogen-bond acceptors (Lipinski definition) is 3. The van der Waals surface area contributed by atoms with Gasteiger partial charge < -0.3 is 16.0 Å². The van der Waals surface area contributed by atoms with Gasteiger partial charge in [0.25, 0.3) is 5.91 Å². The first-order valence-corrected chi connectivity index (χ1v) is 8.48. The molecule has 2 amide bonds. The highest BCUT2D eigenvalue weighted by Gasteiger charge is 2.26. The van der Waals surface area contributed by atoms with Gasteiger partial charge in [0.1, 0.15) is 0 Å². The highest BCUT2D eigenvalue weighted by molar-refractivity contribution is 5.98. The predicted molar refractivity (Wildman–Crippen MR) is 90.5 cm³/mol. The van der Waals surface area contributed by atoms with Crippen molar-refractivity contribution in [1.29, 1.82) is 0 Å². The number of aryl methyl sites for hydroxylation is 1. The van der Waals surface area contributed by atoms with Crippen molar-refractivity contribution in [2.75, 3.05) is 11.9 Å². The Bertz CT molecular complexity index is 610. The quantitative estimate of drug-likeness (QED) is 0.798. The van der Waals surface area contributed by atoms with Gasteiger partial charge in [-0.2, -0.15) is 0 Å². The standard InChI is InChI=1S/C18H25N3O2/c1-11-3-4-13(17(22)20-15-5-6-15)10-16(11)21-18(23)14-7-8-19-12(2)9-14/h3-4,10,12,14-15,19H,5-9H2,1-2H3,(H,20,22)(H,21,23)/t12-,14-/m0/s1. The van der Waals surface area contributed by atoms with Gasteiger partial charge in [-0.05, 0) is 63.8 Å². The fourth-order valence-electron chi connectivity index (χ4n) is 3.00. The highest BCUT2D eigenvalue weighted by atomic mass is 16.2. The lowest BCUT2D eigenvalue weighted by molar-refractivity contribution is -0.120. The van der Waals surface area contributed by atoms with Gasteiger partial charge in [-0.15, -0.1) is 0 Å². The molecule has 0 bridgehead atoms. The van der Waals surface area contributed by atoms with Crippen LogP contribution in [0.3, 0.4) is 0 Å². The van der Waals surface area contributed by atoms with Gasteiger partial charge in [0.2, 0.25) is 5.91 Å². The number of nitrogens with one attached hydrogen (secondary N) is 3. The second kappa shape index (κ2) is 6.71. The third-order valence-electron chi connectivity index (χ3n) is 4.66. The molecule has 2 fully saturated rings. The maximum atomic E-state index is 12.5. The molecule has 124 valence electrons. The van der Waals surface area contributed by atoms with E-state index in [0.29, 0.717) is 17.6 Å². The van der Waals surface area contributed by atoms with Crippen molar-refractivity contribution in [3.8, 4) is 0 Å². The van der Waals surface area contributed by atoms with E-state index >= 15 is 0 Å². The molecule has 1 aromatic carbocycles. The van der Waals surface area contributed by atoms with Crippen molar-refractivity contribution in [2.24, 2.45) is 5.92 Å². The Balaban J connectivity index is 1.68. The average Bonchev–Trinajstić information content (AvgIpc) is 3.33. The first-order valence-electron chi connectivity index (χ1n) is 8.48. The number of rotatable bonds is 4. The molecule has 5 heteroatoms. The van der Waals surface area contributed by atoms with Crippen molar-refractivity contribution in [1.82, 2.24) is 10.6 Å². The number of hydrogen-bond donors (Lipinski definition) is 3. The molecule has 1 aliphatic carbocycles. The zero-order valence-electron chi connectivity index (χ0n) is 13.8. The number of amides is 2. The molecule has 0 aromatic heterocycles. The molecule has 3 rings (SSSR count). The molecule has 1 aromatic rings. The summed E-state index contributed by atoms with van der Waals surface area (Å²) in [6.45, 7) is 4.93. The molecular weight excluding hydrogens is 290 g/mol. The minimum Gasteiger partial charge on any atom is -0.349 e. The summed E-state index contributed by atoms with van der Waals surface area (Å²) in [5.74, 6) is 0.0364. The second-order valence-electron chi connectivity index (χ2n) is 6.84. The molecule has 1 heterocycles. The molecule has 0 radical (unpaired) electrons. The largest absolute Gasteiger partial charge is 0.349 e. The van der Waals surface area contributed by atoms with Crippen molar-refractivity contribution >= 4 is 17.5 Å². The van der Waals surface area contributed by atoms with Gasteiger partial charge in [0.15, 0.2) is 0 Å². The molecule has 1 saturated carbocycles. The summed E-state index contributed by atoms with van der Waals surface area (Å²) in [5, 5.41) is 9.35. The molecule has 5 nitrogen and oxygen atoms in total. The summed E-state index contributed by atoms with van der Waals surface area (Å²) in [7, 11) is 0. The molecule has 0 unspecified atom stereocenters. The van der Waals surface area contributed by atoms with E-state index in [0.717, 1.165) is 43.5 Å². The number of carbonyl (C=O) groups excluding carboxylic acids is 2. The Hall–Kier alpha value is -1.88. The maximum Gasteiger partial charge on any atom is 0.251 e. The third-order valence-corrected chi connectivity index (χ3v) is 4.66. The predicted octanol–water partition coefficient (Wildman–Crippen LogP) is 2.21. The first-order chi connectivity index (χ1) is 11.0. The van der Waals surface area contributed by atoms with Gasteiger partial charge in [0, 0.05) is 29.3 Å². The summed E-state index contributed by atoms with van der Waals surface area (Å²) >= 11 is 0. The van der Waals surface area contributed by atoms with Crippen molar-refractivity contribution < 1.29 is 9.59 Å². The molecule has 1 aliphatic heterocycles. The number of benzene rings is 1. The SMILES string of the molecule is Cc1ccc(C(=O)NC2CC2)cc1NC(=O)[C@H]1CCN[C@@H](C)C1. The normalized spacial score (nSPS) is 24.1. The zero-order valence-corrected chi connectivity index (χ0v) is 13.8. The minimum atomic E-state index is -0.0570. The molecule has 0 spiro atoms. The Morgan fingerprint density at radius 2 is 2.00 bits per heavy atom. The van der Waals surface area contributed by atoms with Crippen LogP contribution in [0.15, 0.2) is 18.2 Å². The van der Waals surface area contributed by atoms with Crippen molar-refractivity contribution in [3.05, 3.63) is 29.3 Å². The van der Waals surface area contributed by atoms with Crippen molar-refractivity contribution in [3.63, 3.8) is 0 Å². The molecular formula is C18H25N3O2. The fraction of sp³-hybridized carbons (Fsp3) is 0.556. The van der Waals surface area contributed by atoms with E-state index in [4.69, 9.17) is 0 Å². The molecule has 1 saturated heterocycles. The van der Waals surface area contributed by atoms with E-state index < -0.39 is 0 Å². The summed E-state index contributed by atoms with van der Waals surface area (Å²) in [6.07, 6.45) is 3.84. The smallest absolute Gasteiger partial charge is 0.251 e. The molecule has 2 atom stereocenters. The summed E-state index contributed by atoms with van der Waals surface area (Å²) in [4.78, 5) is 24.7. The Kier molecular flexibility index (Phi) is 4.66. The van der Waals surface area contributed by atoms with Crippen LogP contribution in [0.25, 0.3) is 0 Å². The van der Waals surface area contributed by atoms with E-state index in [1.165, 1.54) is 0 Å². The molecule has 3 N–H and O–H groups in total. The van der Waals surface area contributed by atoms with Crippen LogP contribution in [0.5, 0.6) is 0 Å². The Labute approximate surface area is 137 Å². The summed E-state index contributed by atoms with van der Waals surface area (Å²) in [6, 6.07) is 6.20. The lowest BCUT2D eigenvalue weighted by atomic mass is 9.92. The van der Waals surface area contributed by atoms with Crippen LogP contribution in [0.2, 0.25) is 0 Å². The van der Waals surface area contributed by atoms with Gasteiger partial charge in [-0.25, -0.2) is 0 Å². The van der Waals surface area contributed by atoms with Gasteiger partial charge in [-0.1, -0.05) is 6.07 Å². The van der Waals surface area contributed by atoms with E-state index in [2.05, 4.69) is 22.9 Å². The van der Waals surface area contributed by atoms with E-state index in [1.54, 1.807) is 6.07 Å². The topological polar surface area (TPSA) is 70.2 Å². The zero-order chi connectivity index (χ0) is 16.4. The number of anilines is 1. The Morgan fingerprint density at radius 3 is 2.70 bits per heavy atom. The third kappa shape index (κ3) is 4.10. The maximum absolute atomic E-state index is 12.5. The van der Waals surface area contributed by atoms with Crippen molar-refractivity contribution in [2.45, 2.75) is 51.6 Å². The van der Waals surface area contributed by atoms with Crippen LogP contribution < -0.4 is 16.0 Å². The monoisotopic (exact) mass is 315 g/mol. The van der Waals surface area contributed by atoms with Crippen LogP contribution in [0, 0.1) is 12.8 Å². The van der Waals surface area contributed by atoms with Gasteiger partial charge in [-0.3, -0.25) is 9.59 Å². The fourth-order valence-corrected chi connectivity index (χ4v) is 3.00. The van der Waals surface area contributed by atoms with E-state index in [1.807, 2.05) is 19.1 Å². The van der Waals surface area contributed by atoms with Gasteiger partial charge in [0.05, 0.1) is 0 Å². The number of piperidine rings is 1. The van der Waals surface area contributed by atoms with Crippen LogP contribution in [0.1, 0.15) is 48.5 Å². The second-order valence-corrected chi connectivity index (χ2v) is 6.84. The Morgan fingerprint density at radius 1 is 1.22 bits per heavy atom. The molecule has 2 aliphatic rings. The first kappa shape index (κ1) is 16.0. The van der Waals surface area contributed by atoms with Crippen LogP contribution in [-0.2, 0) is 4.79 Å². The average molecular weight is 315 g/mol. The van der Waals surface area contributed by atoms with Crippen LogP contribution in [0.4, 0.5) is 5.69 Å². The minimum absolute atomic E-state index is 0.0367. The number of carbonyl (C=O) groups is 2. The molecule has 23 heavy (non-hydrogen) atoms. The van der Waals surface area contributed by atoms with Crippen LogP contribution >= 0.6 is 0 Å². The van der Waals surface area contributed by atoms with Crippen LogP contribution in [-0.4, -0.2) is 30.4 Å². The summed E-state index contributed by atoms with van der Waals surface area (Å²) < 4.78 is 0. The van der Waals surface area contributed by atoms with E-state index in [-0.39, 0.29) is 17.7 Å². The highest BCUT2D eigenvalue weighted by Crippen LogP contribution is 2.23. The van der Waals surface area contributed by atoms with Gasteiger partial charge >= 0.3 is 0 Å². The lowest BCUT2D eigenvalue weighted by Gasteiger charge is -2.27. The van der Waals surface area contributed by atoms with E-state index in [9.17, 15) is 9.59 Å².